The van der Waals surface area contributed by atoms with Gasteiger partial charge in [-0.1, -0.05) is 204 Å². The second kappa shape index (κ2) is 13.6. The van der Waals surface area contributed by atoms with Crippen LogP contribution in [0.5, 0.6) is 0 Å². The number of nitrogens with zero attached hydrogens (tertiary/aromatic N) is 2. The zero-order valence-corrected chi connectivity index (χ0v) is 38.2. The van der Waals surface area contributed by atoms with Crippen molar-refractivity contribution < 1.29 is 0 Å². The zero-order valence-electron chi connectivity index (χ0n) is 38.2. The monoisotopic (exact) mass is 856 g/mol. The summed E-state index contributed by atoms with van der Waals surface area (Å²) in [5, 5.41) is 5.01. The molecule has 3 aliphatic rings. The van der Waals surface area contributed by atoms with E-state index in [4.69, 9.17) is 0 Å². The van der Waals surface area contributed by atoms with Crippen molar-refractivity contribution in [1.82, 2.24) is 4.57 Å². The lowest BCUT2D eigenvalue weighted by Crippen LogP contribution is -2.33. The van der Waals surface area contributed by atoms with Crippen LogP contribution in [0.2, 0.25) is 0 Å². The van der Waals surface area contributed by atoms with Crippen LogP contribution in [0.3, 0.4) is 0 Å². The molecule has 0 N–H and O–H groups in total. The van der Waals surface area contributed by atoms with Crippen molar-refractivity contribution in [3.8, 4) is 27.9 Å². The fraction of sp³-hybridized carbons (Fsp3) is 0.108. The summed E-state index contributed by atoms with van der Waals surface area (Å²) in [7, 11) is 0. The van der Waals surface area contributed by atoms with Crippen LogP contribution in [0.15, 0.2) is 218 Å². The van der Waals surface area contributed by atoms with Gasteiger partial charge in [0.2, 0.25) is 0 Å². The van der Waals surface area contributed by atoms with Gasteiger partial charge in [0.25, 0.3) is 0 Å². The van der Waals surface area contributed by atoms with Gasteiger partial charge in [-0.25, -0.2) is 0 Å². The maximum atomic E-state index is 2.55. The van der Waals surface area contributed by atoms with Crippen molar-refractivity contribution in [2.45, 2.75) is 43.9 Å². The fourth-order valence-electron chi connectivity index (χ4n) is 12.8. The molecular formula is C65H48N2. The molecule has 0 fully saturated rings. The average Bonchev–Trinajstić information content (AvgIpc) is 3.95. The van der Waals surface area contributed by atoms with E-state index in [9.17, 15) is 0 Å². The summed E-state index contributed by atoms with van der Waals surface area (Å²) in [6, 6.07) is 82.7. The van der Waals surface area contributed by atoms with Crippen LogP contribution >= 0.6 is 0 Å². The van der Waals surface area contributed by atoms with E-state index >= 15 is 0 Å². The highest BCUT2D eigenvalue weighted by atomic mass is 15.1. The fourth-order valence-corrected chi connectivity index (χ4v) is 12.8. The topological polar surface area (TPSA) is 8.17 Å². The predicted molar refractivity (Wildman–Crippen MR) is 280 cm³/mol. The van der Waals surface area contributed by atoms with Crippen LogP contribution in [0.4, 0.5) is 17.1 Å². The van der Waals surface area contributed by atoms with E-state index < -0.39 is 5.41 Å². The summed E-state index contributed by atoms with van der Waals surface area (Å²) in [6.07, 6.45) is 0. The Morgan fingerprint density at radius 1 is 0.403 bits per heavy atom. The first kappa shape index (κ1) is 38.3. The highest BCUT2D eigenvalue weighted by Gasteiger charge is 2.51. The minimum absolute atomic E-state index is 0.156. The van der Waals surface area contributed by atoms with Gasteiger partial charge in [-0.05, 0) is 115 Å². The number of fused-ring (bicyclic) bond motifs is 16. The summed E-state index contributed by atoms with van der Waals surface area (Å²) in [5.41, 5.74) is 22.2. The molecule has 1 unspecified atom stereocenters. The lowest BCUT2D eigenvalue weighted by molar-refractivity contribution is 0.642. The van der Waals surface area contributed by atoms with Gasteiger partial charge in [-0.2, -0.15) is 0 Å². The van der Waals surface area contributed by atoms with Crippen LogP contribution in [0.1, 0.15) is 72.2 Å². The summed E-state index contributed by atoms with van der Waals surface area (Å²) in [4.78, 5) is 2.55. The maximum absolute atomic E-state index is 2.55. The van der Waals surface area contributed by atoms with E-state index in [0.29, 0.717) is 0 Å². The molecule has 11 aromatic rings. The summed E-state index contributed by atoms with van der Waals surface area (Å²) in [6.45, 7) is 9.45. The number of hydrogen-bond donors (Lipinski definition) is 0. The molecule has 0 saturated carbocycles. The molecule has 67 heavy (non-hydrogen) atoms. The number of hydrogen-bond acceptors (Lipinski definition) is 1. The van der Waals surface area contributed by atoms with Crippen molar-refractivity contribution in [2.75, 3.05) is 4.90 Å². The highest BCUT2D eigenvalue weighted by Crippen LogP contribution is 2.62. The van der Waals surface area contributed by atoms with E-state index in [0.717, 1.165) is 17.1 Å². The molecule has 0 bridgehead atoms. The van der Waals surface area contributed by atoms with Crippen molar-refractivity contribution in [2.24, 2.45) is 0 Å². The quantitative estimate of drug-likeness (QED) is 0.167. The summed E-state index contributed by atoms with van der Waals surface area (Å²) >= 11 is 0. The Labute approximate surface area is 392 Å². The van der Waals surface area contributed by atoms with Gasteiger partial charge < -0.3 is 9.47 Å². The van der Waals surface area contributed by atoms with E-state index in [-0.39, 0.29) is 10.8 Å². The second-order valence-electron chi connectivity index (χ2n) is 20.0. The van der Waals surface area contributed by atoms with Crippen molar-refractivity contribution in [3.63, 3.8) is 0 Å². The molecule has 1 aromatic heterocycles. The molecule has 14 rings (SSSR count). The van der Waals surface area contributed by atoms with Crippen LogP contribution in [0, 0.1) is 0 Å². The van der Waals surface area contributed by atoms with E-state index in [1.807, 2.05) is 0 Å². The molecule has 0 amide bonds. The molecule has 318 valence electrons. The lowest BCUT2D eigenvalue weighted by atomic mass is 9.65. The van der Waals surface area contributed by atoms with Crippen LogP contribution in [0.25, 0.3) is 60.5 Å². The van der Waals surface area contributed by atoms with Crippen molar-refractivity contribution in [3.05, 3.63) is 263 Å². The molecular weight excluding hydrogens is 809 g/mol. The van der Waals surface area contributed by atoms with Crippen molar-refractivity contribution in [1.29, 1.82) is 0 Å². The van der Waals surface area contributed by atoms with Gasteiger partial charge in [-0.15, -0.1) is 0 Å². The Hall–Kier alpha value is -7.94. The van der Waals surface area contributed by atoms with E-state index in [1.165, 1.54) is 105 Å². The first-order chi connectivity index (χ1) is 32.8. The van der Waals surface area contributed by atoms with Crippen LogP contribution < -0.4 is 4.90 Å². The number of benzene rings is 10. The molecule has 2 heteroatoms. The van der Waals surface area contributed by atoms with Crippen LogP contribution in [-0.2, 0) is 16.2 Å². The largest absolute Gasteiger partial charge is 0.310 e. The standard InChI is InChI=1S/C65H48N2/c1-63(2,42-19-6-5-7-20-42)43-32-35-46-41(38-43)18-16-31-59(46)66(44-33-36-49-47-21-8-11-25-53(47)64(3,4)57(49)39-44)45-34-37-50-48-22-9-12-26-54(48)65(58(50)40-45)55-27-13-15-30-61(55)67-60-29-14-10-23-51(60)52-24-17-28-56(65)62(52)67/h5-40H,1-4H3. The third-order valence-electron chi connectivity index (χ3n) is 16.1. The lowest BCUT2D eigenvalue weighted by Gasteiger charge is -2.40. The average molecular weight is 857 g/mol. The summed E-state index contributed by atoms with van der Waals surface area (Å²) in [5.74, 6) is 0. The Bertz CT molecular complexity index is 3880. The molecule has 2 heterocycles. The smallest absolute Gasteiger partial charge is 0.0755 e. The first-order valence-corrected chi connectivity index (χ1v) is 23.8. The molecule has 2 nitrogen and oxygen atoms in total. The number of aromatic nitrogens is 1. The Kier molecular flexibility index (Phi) is 7.76. The molecule has 1 spiro atoms. The highest BCUT2D eigenvalue weighted by molar-refractivity contribution is 6.13. The van der Waals surface area contributed by atoms with Gasteiger partial charge in [0.1, 0.15) is 0 Å². The number of rotatable bonds is 5. The molecule has 1 aliphatic heterocycles. The normalized spacial score (nSPS) is 15.9. The molecule has 0 saturated heterocycles. The SMILES string of the molecule is CC(C)(c1ccccc1)c1ccc2c(N(c3ccc4c(c3)C(C)(C)c3ccccc3-4)c3ccc4c(c3)C3(c5ccccc5-4)c4ccccc4-n4c5ccccc5c5cccc3c54)cccc2c1. The second-order valence-corrected chi connectivity index (χ2v) is 20.0. The van der Waals surface area contributed by atoms with Gasteiger partial charge in [-0.3, -0.25) is 0 Å². The third-order valence-corrected chi connectivity index (χ3v) is 16.1. The maximum Gasteiger partial charge on any atom is 0.0755 e. The first-order valence-electron chi connectivity index (χ1n) is 23.8. The summed E-state index contributed by atoms with van der Waals surface area (Å²) < 4.78 is 2.53. The third kappa shape index (κ3) is 5.00. The van der Waals surface area contributed by atoms with Crippen LogP contribution in [-0.4, -0.2) is 4.57 Å². The Morgan fingerprint density at radius 2 is 1.00 bits per heavy atom. The van der Waals surface area contributed by atoms with Crippen molar-refractivity contribution >= 4 is 49.6 Å². The predicted octanol–water partition coefficient (Wildman–Crippen LogP) is 16.7. The van der Waals surface area contributed by atoms with Gasteiger partial charge in [0, 0.05) is 38.4 Å². The zero-order chi connectivity index (χ0) is 44.8. The minimum Gasteiger partial charge on any atom is -0.310 e. The van der Waals surface area contributed by atoms with Gasteiger partial charge in [0.05, 0.1) is 27.8 Å². The van der Waals surface area contributed by atoms with Gasteiger partial charge >= 0.3 is 0 Å². The number of para-hydroxylation sites is 3. The van der Waals surface area contributed by atoms with E-state index in [1.54, 1.807) is 0 Å². The Balaban J connectivity index is 1.05. The van der Waals surface area contributed by atoms with E-state index in [2.05, 4.69) is 256 Å². The minimum atomic E-state index is -0.563. The number of anilines is 3. The Morgan fingerprint density at radius 3 is 1.81 bits per heavy atom. The van der Waals surface area contributed by atoms with Gasteiger partial charge in [0.15, 0.2) is 0 Å². The molecule has 0 radical (unpaired) electrons. The molecule has 1 atom stereocenters. The molecule has 2 aliphatic carbocycles. The molecule has 10 aromatic carbocycles.